The Morgan fingerprint density at radius 3 is 2.60 bits per heavy atom. The summed E-state index contributed by atoms with van der Waals surface area (Å²) >= 11 is 0. The average Bonchev–Trinajstić information content (AvgIpc) is 2.21. The van der Waals surface area contributed by atoms with Crippen molar-refractivity contribution in [2.75, 3.05) is 0 Å². The third-order valence-corrected chi connectivity index (χ3v) is 2.54. The predicted molar refractivity (Wildman–Crippen MR) is 59.6 cm³/mol. The van der Waals surface area contributed by atoms with Gasteiger partial charge in [-0.15, -0.1) is 0 Å². The van der Waals surface area contributed by atoms with Crippen LogP contribution in [0.25, 0.3) is 0 Å². The fourth-order valence-corrected chi connectivity index (χ4v) is 1.36. The summed E-state index contributed by atoms with van der Waals surface area (Å²) in [6.45, 7) is 5.76. The molecule has 0 bridgehead atoms. The second kappa shape index (κ2) is 4.75. The zero-order chi connectivity index (χ0) is 11.4. The van der Waals surface area contributed by atoms with Gasteiger partial charge in [-0.2, -0.15) is 5.26 Å². The maximum atomic E-state index is 11.7. The fraction of sp³-hybridized carbons (Fsp3) is 0.385. The van der Waals surface area contributed by atoms with Crippen LogP contribution < -0.4 is 0 Å². The first-order valence-electron chi connectivity index (χ1n) is 5.04. The van der Waals surface area contributed by atoms with Crippen molar-refractivity contribution in [1.29, 1.82) is 5.26 Å². The molecule has 0 saturated carbocycles. The van der Waals surface area contributed by atoms with E-state index in [0.717, 1.165) is 5.56 Å². The highest BCUT2D eigenvalue weighted by atomic mass is 16.1. The lowest BCUT2D eigenvalue weighted by Gasteiger charge is -2.05. The Bertz CT molecular complexity index is 415. The minimum atomic E-state index is -0.209. The van der Waals surface area contributed by atoms with Gasteiger partial charge in [0.1, 0.15) is 0 Å². The number of ketones is 1. The molecule has 1 unspecified atom stereocenters. The van der Waals surface area contributed by atoms with E-state index >= 15 is 0 Å². The molecule has 2 nitrogen and oxygen atoms in total. The summed E-state index contributed by atoms with van der Waals surface area (Å²) in [7, 11) is 0. The number of carbonyl (C=O) groups excluding carboxylic acids is 1. The SMILES string of the molecule is Cc1ccc(C(=O)CC(C)C#N)cc1C. The van der Waals surface area contributed by atoms with Crippen LogP contribution in [0.5, 0.6) is 0 Å². The number of rotatable bonds is 3. The standard InChI is InChI=1S/C13H15NO/c1-9(8-14)6-13(15)12-5-4-10(2)11(3)7-12/h4-5,7,9H,6H2,1-3H3. The van der Waals surface area contributed by atoms with Gasteiger partial charge in [0.05, 0.1) is 12.0 Å². The Hall–Kier alpha value is -1.62. The third kappa shape index (κ3) is 2.92. The Labute approximate surface area is 90.5 Å². The molecule has 0 aliphatic rings. The first-order chi connectivity index (χ1) is 7.04. The molecule has 1 atom stereocenters. The number of hydrogen-bond acceptors (Lipinski definition) is 2. The van der Waals surface area contributed by atoms with Crippen molar-refractivity contribution in [3.8, 4) is 6.07 Å². The molecule has 0 N–H and O–H groups in total. The second-order valence-corrected chi connectivity index (χ2v) is 3.96. The lowest BCUT2D eigenvalue weighted by molar-refractivity contribution is 0.0972. The van der Waals surface area contributed by atoms with E-state index in [0.29, 0.717) is 12.0 Å². The molecule has 0 aromatic heterocycles. The number of carbonyl (C=O) groups is 1. The van der Waals surface area contributed by atoms with Crippen molar-refractivity contribution < 1.29 is 4.79 Å². The van der Waals surface area contributed by atoms with Crippen molar-refractivity contribution in [1.82, 2.24) is 0 Å². The molecule has 0 radical (unpaired) electrons. The average molecular weight is 201 g/mol. The number of nitriles is 1. The van der Waals surface area contributed by atoms with Crippen LogP contribution in [0.2, 0.25) is 0 Å². The number of aryl methyl sites for hydroxylation is 2. The van der Waals surface area contributed by atoms with E-state index in [-0.39, 0.29) is 11.7 Å². The first-order valence-corrected chi connectivity index (χ1v) is 5.04. The molecule has 2 heteroatoms. The second-order valence-electron chi connectivity index (χ2n) is 3.96. The van der Waals surface area contributed by atoms with Gasteiger partial charge in [-0.05, 0) is 38.0 Å². The van der Waals surface area contributed by atoms with Gasteiger partial charge in [0.15, 0.2) is 5.78 Å². The fourth-order valence-electron chi connectivity index (χ4n) is 1.36. The van der Waals surface area contributed by atoms with Crippen LogP contribution in [0.4, 0.5) is 0 Å². The number of Topliss-reactive ketones (excluding diaryl/α,β-unsaturated/α-hetero) is 1. The summed E-state index contributed by atoms with van der Waals surface area (Å²) in [5.41, 5.74) is 3.01. The molecule has 78 valence electrons. The zero-order valence-electron chi connectivity index (χ0n) is 9.37. The first kappa shape index (κ1) is 11.5. The summed E-state index contributed by atoms with van der Waals surface area (Å²) in [6, 6.07) is 7.73. The molecule has 1 aromatic carbocycles. The molecular weight excluding hydrogens is 186 g/mol. The molecule has 0 aliphatic carbocycles. The van der Waals surface area contributed by atoms with Crippen molar-refractivity contribution in [3.05, 3.63) is 34.9 Å². The Kier molecular flexibility index (Phi) is 3.62. The summed E-state index contributed by atoms with van der Waals surface area (Å²) < 4.78 is 0. The topological polar surface area (TPSA) is 40.9 Å². The number of benzene rings is 1. The van der Waals surface area contributed by atoms with E-state index in [2.05, 4.69) is 6.07 Å². The maximum absolute atomic E-state index is 11.7. The molecule has 0 saturated heterocycles. The van der Waals surface area contributed by atoms with Crippen LogP contribution in [0.3, 0.4) is 0 Å². The van der Waals surface area contributed by atoms with Gasteiger partial charge >= 0.3 is 0 Å². The van der Waals surface area contributed by atoms with Gasteiger partial charge in [-0.1, -0.05) is 12.1 Å². The van der Waals surface area contributed by atoms with Crippen LogP contribution in [0.1, 0.15) is 34.8 Å². The molecule has 1 rings (SSSR count). The summed E-state index contributed by atoms with van der Waals surface area (Å²) in [5, 5.41) is 8.63. The highest BCUT2D eigenvalue weighted by Crippen LogP contribution is 2.13. The largest absolute Gasteiger partial charge is 0.294 e. The van der Waals surface area contributed by atoms with Crippen LogP contribution in [0, 0.1) is 31.1 Å². The molecule has 15 heavy (non-hydrogen) atoms. The van der Waals surface area contributed by atoms with Crippen molar-refractivity contribution in [2.24, 2.45) is 5.92 Å². The van der Waals surface area contributed by atoms with E-state index in [1.54, 1.807) is 6.92 Å². The smallest absolute Gasteiger partial charge is 0.164 e. The van der Waals surface area contributed by atoms with Crippen LogP contribution in [0.15, 0.2) is 18.2 Å². The maximum Gasteiger partial charge on any atom is 0.164 e. The minimum absolute atomic E-state index is 0.0483. The van der Waals surface area contributed by atoms with Crippen molar-refractivity contribution in [2.45, 2.75) is 27.2 Å². The summed E-state index contributed by atoms with van der Waals surface area (Å²) in [4.78, 5) is 11.7. The molecule has 0 spiro atoms. The lowest BCUT2D eigenvalue weighted by atomic mass is 9.98. The van der Waals surface area contributed by atoms with E-state index in [1.807, 2.05) is 32.0 Å². The number of hydrogen-bond donors (Lipinski definition) is 0. The zero-order valence-corrected chi connectivity index (χ0v) is 9.37. The van der Waals surface area contributed by atoms with E-state index in [1.165, 1.54) is 5.56 Å². The van der Waals surface area contributed by atoms with Gasteiger partial charge in [0.25, 0.3) is 0 Å². The van der Waals surface area contributed by atoms with Crippen LogP contribution in [-0.2, 0) is 0 Å². The Morgan fingerprint density at radius 2 is 2.07 bits per heavy atom. The van der Waals surface area contributed by atoms with Gasteiger partial charge in [0, 0.05) is 12.0 Å². The molecule has 0 heterocycles. The molecule has 0 amide bonds. The van der Waals surface area contributed by atoms with Gasteiger partial charge in [-0.3, -0.25) is 4.79 Å². The summed E-state index contributed by atoms with van der Waals surface area (Å²) in [6.07, 6.45) is 0.305. The summed E-state index contributed by atoms with van der Waals surface area (Å²) in [5.74, 6) is -0.161. The van der Waals surface area contributed by atoms with Gasteiger partial charge < -0.3 is 0 Å². The van der Waals surface area contributed by atoms with Crippen molar-refractivity contribution in [3.63, 3.8) is 0 Å². The predicted octanol–water partition coefficient (Wildman–Crippen LogP) is 3.04. The molecule has 0 aliphatic heterocycles. The van der Waals surface area contributed by atoms with Crippen LogP contribution in [-0.4, -0.2) is 5.78 Å². The van der Waals surface area contributed by atoms with Gasteiger partial charge in [0.2, 0.25) is 0 Å². The quantitative estimate of drug-likeness (QED) is 0.705. The van der Waals surface area contributed by atoms with E-state index in [9.17, 15) is 4.79 Å². The lowest BCUT2D eigenvalue weighted by Crippen LogP contribution is -2.05. The van der Waals surface area contributed by atoms with E-state index < -0.39 is 0 Å². The number of nitrogens with zero attached hydrogens (tertiary/aromatic N) is 1. The minimum Gasteiger partial charge on any atom is -0.294 e. The normalized spacial score (nSPS) is 11.9. The molecule has 0 fully saturated rings. The van der Waals surface area contributed by atoms with Crippen molar-refractivity contribution >= 4 is 5.78 Å². The van der Waals surface area contributed by atoms with E-state index in [4.69, 9.17) is 5.26 Å². The highest BCUT2D eigenvalue weighted by molar-refractivity contribution is 5.96. The third-order valence-electron chi connectivity index (χ3n) is 2.54. The Balaban J connectivity index is 2.84. The Morgan fingerprint density at radius 1 is 1.40 bits per heavy atom. The van der Waals surface area contributed by atoms with Gasteiger partial charge in [-0.25, -0.2) is 0 Å². The molecular formula is C13H15NO. The monoisotopic (exact) mass is 201 g/mol. The van der Waals surface area contributed by atoms with Crippen LogP contribution >= 0.6 is 0 Å². The highest BCUT2D eigenvalue weighted by Gasteiger charge is 2.10. The molecule has 1 aromatic rings.